The summed E-state index contributed by atoms with van der Waals surface area (Å²) in [5, 5.41) is 13.6. The number of ether oxygens (including phenoxy) is 1. The second-order valence-electron chi connectivity index (χ2n) is 6.91. The summed E-state index contributed by atoms with van der Waals surface area (Å²) >= 11 is 3.20. The van der Waals surface area contributed by atoms with Crippen LogP contribution in [0.5, 0.6) is 0 Å². The lowest BCUT2D eigenvalue weighted by Gasteiger charge is -2.24. The van der Waals surface area contributed by atoms with Crippen LogP contribution in [0.1, 0.15) is 20.8 Å². The third-order valence-corrected chi connectivity index (χ3v) is 3.90. The number of benzene rings is 1. The molecule has 3 aromatic rings. The maximum atomic E-state index is 12.5. The van der Waals surface area contributed by atoms with E-state index in [1.807, 2.05) is 30.3 Å². The molecule has 0 bridgehead atoms. The van der Waals surface area contributed by atoms with Crippen LogP contribution in [-0.2, 0) is 4.74 Å². The molecule has 0 spiro atoms. The first-order valence-corrected chi connectivity index (χ1v) is 9.26. The topological polar surface area (TPSA) is 119 Å². The molecule has 2 aromatic heterocycles. The van der Waals surface area contributed by atoms with Gasteiger partial charge >= 0.3 is 12.2 Å². The number of carbonyl (C=O) groups excluding carboxylic acids is 1. The molecule has 29 heavy (non-hydrogen) atoms. The van der Waals surface area contributed by atoms with Crippen LogP contribution in [0.4, 0.5) is 15.4 Å². The summed E-state index contributed by atoms with van der Waals surface area (Å²) in [6, 6.07) is 10.8. The van der Waals surface area contributed by atoms with E-state index in [0.29, 0.717) is 15.2 Å². The van der Waals surface area contributed by atoms with Crippen molar-refractivity contribution in [3.05, 3.63) is 47.2 Å². The Kier molecular flexibility index (Phi) is 5.64. The van der Waals surface area contributed by atoms with Crippen LogP contribution in [-0.4, -0.2) is 38.0 Å². The summed E-state index contributed by atoms with van der Waals surface area (Å²) in [6.07, 6.45) is -1.40. The Balaban J connectivity index is 2.07. The van der Waals surface area contributed by atoms with Gasteiger partial charge in [0.15, 0.2) is 17.3 Å². The summed E-state index contributed by atoms with van der Waals surface area (Å²) in [5.74, 6) is -0.117. The van der Waals surface area contributed by atoms with Crippen LogP contribution in [0, 0.1) is 0 Å². The fraction of sp³-hybridized carbons (Fsp3) is 0.211. The summed E-state index contributed by atoms with van der Waals surface area (Å²) in [7, 11) is 0. The maximum absolute atomic E-state index is 12.5. The molecule has 0 aliphatic carbocycles. The van der Waals surface area contributed by atoms with Gasteiger partial charge in [-0.2, -0.15) is 4.90 Å². The fourth-order valence-electron chi connectivity index (χ4n) is 2.38. The summed E-state index contributed by atoms with van der Waals surface area (Å²) in [5.41, 5.74) is 0.435. The number of halogens is 1. The first kappa shape index (κ1) is 20.5. The van der Waals surface area contributed by atoms with Gasteiger partial charge < -0.3 is 14.4 Å². The van der Waals surface area contributed by atoms with E-state index in [9.17, 15) is 14.7 Å². The molecule has 9 nitrogen and oxygen atoms in total. The van der Waals surface area contributed by atoms with E-state index in [0.717, 1.165) is 5.56 Å². The molecule has 0 radical (unpaired) electrons. The number of hydrogen-bond donors (Lipinski definition) is 1. The van der Waals surface area contributed by atoms with Crippen molar-refractivity contribution in [2.45, 2.75) is 26.4 Å². The molecule has 2 amide bonds. The van der Waals surface area contributed by atoms with E-state index in [1.165, 1.54) is 6.20 Å². The van der Waals surface area contributed by atoms with Gasteiger partial charge in [-0.05, 0) is 36.7 Å². The Labute approximate surface area is 174 Å². The zero-order valence-corrected chi connectivity index (χ0v) is 17.4. The largest absolute Gasteiger partial charge is 0.464 e. The number of hydrogen-bond acceptors (Lipinski definition) is 7. The molecule has 0 fully saturated rings. The minimum absolute atomic E-state index is 0.0160. The van der Waals surface area contributed by atoms with Gasteiger partial charge in [0.05, 0.1) is 6.20 Å². The van der Waals surface area contributed by atoms with Gasteiger partial charge in [0.25, 0.3) is 0 Å². The van der Waals surface area contributed by atoms with E-state index in [4.69, 9.17) is 9.26 Å². The van der Waals surface area contributed by atoms with Crippen molar-refractivity contribution < 1.29 is 24.0 Å². The fourth-order valence-corrected chi connectivity index (χ4v) is 2.66. The summed E-state index contributed by atoms with van der Waals surface area (Å²) in [4.78, 5) is 33.0. The number of imide groups is 1. The number of rotatable bonds is 3. The Morgan fingerprint density at radius 1 is 1.21 bits per heavy atom. The minimum atomic E-state index is -1.57. The average molecular weight is 461 g/mol. The van der Waals surface area contributed by atoms with Gasteiger partial charge in [0.2, 0.25) is 0 Å². The van der Waals surface area contributed by atoms with Gasteiger partial charge in [-0.25, -0.2) is 19.6 Å². The molecule has 3 rings (SSSR count). The van der Waals surface area contributed by atoms with E-state index in [-0.39, 0.29) is 17.3 Å². The molecular weight excluding hydrogens is 444 g/mol. The number of amides is 2. The van der Waals surface area contributed by atoms with E-state index >= 15 is 0 Å². The molecule has 150 valence electrons. The average Bonchev–Trinajstić information content (AvgIpc) is 3.12. The predicted octanol–water partition coefficient (Wildman–Crippen LogP) is 4.98. The lowest BCUT2D eigenvalue weighted by atomic mass is 10.1. The third-order valence-electron chi connectivity index (χ3n) is 3.52. The molecule has 10 heteroatoms. The monoisotopic (exact) mass is 460 g/mol. The van der Waals surface area contributed by atoms with Crippen molar-refractivity contribution in [3.8, 4) is 22.7 Å². The van der Waals surface area contributed by atoms with Gasteiger partial charge in [0.1, 0.15) is 15.9 Å². The minimum Gasteiger partial charge on any atom is -0.464 e. The number of carbonyl (C=O) groups is 2. The highest BCUT2D eigenvalue weighted by atomic mass is 79.9. The number of nitrogens with zero attached hydrogens (tertiary/aromatic N) is 4. The molecule has 2 heterocycles. The Morgan fingerprint density at radius 2 is 1.90 bits per heavy atom. The number of carboxylic acid groups (broad SMARTS) is 1. The first-order chi connectivity index (χ1) is 13.7. The summed E-state index contributed by atoms with van der Waals surface area (Å²) < 4.78 is 10.9. The number of anilines is 1. The molecular formula is C19H17BrN4O5. The highest BCUT2D eigenvalue weighted by Crippen LogP contribution is 2.32. The van der Waals surface area contributed by atoms with E-state index in [1.54, 1.807) is 26.8 Å². The zero-order valence-electron chi connectivity index (χ0n) is 15.8. The molecule has 1 aromatic carbocycles. The van der Waals surface area contributed by atoms with Crippen molar-refractivity contribution in [1.82, 2.24) is 15.1 Å². The Hall–Kier alpha value is -3.27. The van der Waals surface area contributed by atoms with Crippen LogP contribution in [0.2, 0.25) is 0 Å². The van der Waals surface area contributed by atoms with Crippen molar-refractivity contribution in [1.29, 1.82) is 0 Å². The van der Waals surface area contributed by atoms with Crippen LogP contribution in [0.15, 0.2) is 51.7 Å². The highest BCUT2D eigenvalue weighted by Gasteiger charge is 2.33. The predicted molar refractivity (Wildman–Crippen MR) is 107 cm³/mol. The zero-order chi connectivity index (χ0) is 21.2. The lowest BCUT2D eigenvalue weighted by molar-refractivity contribution is 0.0581. The molecule has 0 saturated carbocycles. The Bertz CT molecular complexity index is 1050. The molecule has 0 aliphatic rings. The van der Waals surface area contributed by atoms with Crippen molar-refractivity contribution in [2.75, 3.05) is 4.90 Å². The maximum Gasteiger partial charge on any atom is 0.425 e. The van der Waals surface area contributed by atoms with Crippen LogP contribution >= 0.6 is 15.9 Å². The Morgan fingerprint density at radius 3 is 2.52 bits per heavy atom. The van der Waals surface area contributed by atoms with Gasteiger partial charge in [-0.3, -0.25) is 0 Å². The van der Waals surface area contributed by atoms with Gasteiger partial charge in [-0.15, -0.1) is 0 Å². The quantitative estimate of drug-likeness (QED) is 0.580. The van der Waals surface area contributed by atoms with Crippen molar-refractivity contribution >= 4 is 33.9 Å². The van der Waals surface area contributed by atoms with Crippen LogP contribution in [0.3, 0.4) is 0 Å². The van der Waals surface area contributed by atoms with Crippen molar-refractivity contribution in [2.24, 2.45) is 0 Å². The second-order valence-corrected chi connectivity index (χ2v) is 7.72. The van der Waals surface area contributed by atoms with Gasteiger partial charge in [0, 0.05) is 11.6 Å². The molecule has 0 aliphatic heterocycles. The van der Waals surface area contributed by atoms with Crippen LogP contribution < -0.4 is 4.90 Å². The molecule has 1 N–H and O–H groups in total. The lowest BCUT2D eigenvalue weighted by Crippen LogP contribution is -2.41. The SMILES string of the molecule is CC(C)(C)OC(=O)N(C(=O)O)c1ncc(Br)nc1-c1cc(-c2ccccc2)no1. The summed E-state index contributed by atoms with van der Waals surface area (Å²) in [6.45, 7) is 4.88. The first-order valence-electron chi connectivity index (χ1n) is 8.47. The molecule has 0 saturated heterocycles. The molecule has 0 unspecified atom stereocenters. The molecule has 0 atom stereocenters. The smallest absolute Gasteiger partial charge is 0.425 e. The normalized spacial score (nSPS) is 11.2. The van der Waals surface area contributed by atoms with Crippen molar-refractivity contribution in [3.63, 3.8) is 0 Å². The standard InChI is InChI=1S/C19H17BrN4O5/c1-19(2,3)28-18(27)24(17(25)26)16-15(22-14(20)10-21-16)13-9-12(23-29-13)11-7-5-4-6-8-11/h4-10H,1-3H3,(H,25,26). The number of aromatic nitrogens is 3. The highest BCUT2D eigenvalue weighted by molar-refractivity contribution is 9.10. The van der Waals surface area contributed by atoms with E-state index < -0.39 is 17.8 Å². The van der Waals surface area contributed by atoms with E-state index in [2.05, 4.69) is 31.1 Å². The third kappa shape index (κ3) is 4.77. The van der Waals surface area contributed by atoms with Crippen LogP contribution in [0.25, 0.3) is 22.7 Å². The van der Waals surface area contributed by atoms with Gasteiger partial charge in [-0.1, -0.05) is 35.5 Å². The second kappa shape index (κ2) is 8.00.